The minimum atomic E-state index is -0.772. The lowest BCUT2D eigenvalue weighted by molar-refractivity contribution is -0.139. The fourth-order valence-corrected chi connectivity index (χ4v) is 5.67. The number of dihydropyridines is 1. The van der Waals surface area contributed by atoms with Crippen molar-refractivity contribution in [2.75, 3.05) is 13.2 Å². The lowest BCUT2D eigenvalue weighted by Gasteiger charge is -2.30. The first kappa shape index (κ1) is 31.7. The molecule has 0 saturated carbocycles. The summed E-state index contributed by atoms with van der Waals surface area (Å²) >= 11 is 0. The number of pyridine rings is 2. The van der Waals surface area contributed by atoms with Gasteiger partial charge in [0.2, 0.25) is 0 Å². The average Bonchev–Trinajstić information content (AvgIpc) is 3.45. The number of hydrogen-bond acceptors (Lipinski definition) is 8. The standard InChI is InChI=1S/C39H33N5O4/c1-4-47-39(46)36-32(19-14-28-10-6-5-7-11-28)35(38(45)48-23-9-13-29-12-8-21-40-24-29)26(2)42-37(36)30-15-17-31(18-16-30)44-27(3)43-33-25-41-22-20-34(33)44/h5-8,10-12,14-22,24-25,32,42H,4,23H2,1-3H3/b19-14+. The number of allylic oxidation sites excluding steroid dienone is 2. The van der Waals surface area contributed by atoms with Gasteiger partial charge in [-0.25, -0.2) is 14.6 Å². The lowest BCUT2D eigenvalue weighted by atomic mass is 9.83. The van der Waals surface area contributed by atoms with Gasteiger partial charge in [-0.15, -0.1) is 0 Å². The van der Waals surface area contributed by atoms with Gasteiger partial charge in [0.25, 0.3) is 0 Å². The Balaban J connectivity index is 1.39. The maximum Gasteiger partial charge on any atom is 0.337 e. The highest BCUT2D eigenvalue weighted by Gasteiger charge is 2.37. The van der Waals surface area contributed by atoms with Crippen LogP contribution in [0.1, 0.15) is 36.4 Å². The number of imidazole rings is 1. The number of rotatable bonds is 8. The van der Waals surface area contributed by atoms with E-state index in [0.29, 0.717) is 28.1 Å². The second kappa shape index (κ2) is 14.4. The molecule has 5 aromatic rings. The first-order valence-corrected chi connectivity index (χ1v) is 15.5. The number of esters is 2. The van der Waals surface area contributed by atoms with Gasteiger partial charge < -0.3 is 14.8 Å². The van der Waals surface area contributed by atoms with Crippen LogP contribution in [-0.4, -0.2) is 44.7 Å². The minimum absolute atomic E-state index is 0.134. The number of benzene rings is 2. The summed E-state index contributed by atoms with van der Waals surface area (Å²) in [6, 6.07) is 23.0. The summed E-state index contributed by atoms with van der Waals surface area (Å²) in [5, 5.41) is 3.34. The molecule has 0 fully saturated rings. The Kier molecular flexibility index (Phi) is 9.54. The van der Waals surface area contributed by atoms with Gasteiger partial charge >= 0.3 is 11.9 Å². The van der Waals surface area contributed by atoms with Gasteiger partial charge in [-0.1, -0.05) is 66.5 Å². The molecule has 1 unspecified atom stereocenters. The summed E-state index contributed by atoms with van der Waals surface area (Å²) in [7, 11) is 0. The fraction of sp³-hybridized carbons (Fsp3) is 0.154. The summed E-state index contributed by atoms with van der Waals surface area (Å²) in [6.45, 7) is 5.53. The molecule has 9 nitrogen and oxygen atoms in total. The average molecular weight is 636 g/mol. The van der Waals surface area contributed by atoms with Crippen molar-refractivity contribution in [3.8, 4) is 17.5 Å². The Bertz CT molecular complexity index is 2120. The molecule has 1 N–H and O–H groups in total. The van der Waals surface area contributed by atoms with Crippen LogP contribution in [-0.2, 0) is 19.1 Å². The van der Waals surface area contributed by atoms with Gasteiger partial charge in [0.1, 0.15) is 11.3 Å². The molecule has 48 heavy (non-hydrogen) atoms. The van der Waals surface area contributed by atoms with Crippen LogP contribution in [0, 0.1) is 24.7 Å². The zero-order valence-electron chi connectivity index (χ0n) is 26.8. The molecule has 9 heteroatoms. The Morgan fingerprint density at radius 2 is 1.67 bits per heavy atom. The predicted octanol–water partition coefficient (Wildman–Crippen LogP) is 6.20. The Morgan fingerprint density at radius 3 is 2.42 bits per heavy atom. The molecule has 0 radical (unpaired) electrons. The number of ether oxygens (including phenoxy) is 2. The van der Waals surface area contributed by atoms with E-state index in [2.05, 4.69) is 36.7 Å². The summed E-state index contributed by atoms with van der Waals surface area (Å²) in [4.78, 5) is 40.4. The molecule has 6 rings (SSSR count). The van der Waals surface area contributed by atoms with E-state index in [9.17, 15) is 9.59 Å². The third kappa shape index (κ3) is 6.78. The zero-order valence-corrected chi connectivity index (χ0v) is 26.8. The molecule has 0 amide bonds. The molecule has 2 aromatic carbocycles. The van der Waals surface area contributed by atoms with Crippen molar-refractivity contribution < 1.29 is 19.1 Å². The highest BCUT2D eigenvalue weighted by molar-refractivity contribution is 6.04. The number of nitrogens with zero attached hydrogens (tertiary/aromatic N) is 4. The Hall–Kier alpha value is -6.27. The zero-order chi connectivity index (χ0) is 33.5. The Morgan fingerprint density at radius 1 is 0.896 bits per heavy atom. The number of aryl methyl sites for hydroxylation is 1. The highest BCUT2D eigenvalue weighted by atomic mass is 16.5. The molecule has 0 aliphatic carbocycles. The number of hydrogen-bond donors (Lipinski definition) is 1. The van der Waals surface area contributed by atoms with E-state index in [-0.39, 0.29) is 13.2 Å². The van der Waals surface area contributed by atoms with E-state index in [1.54, 1.807) is 44.7 Å². The van der Waals surface area contributed by atoms with E-state index in [4.69, 9.17) is 9.47 Å². The monoisotopic (exact) mass is 635 g/mol. The molecule has 4 heterocycles. The van der Waals surface area contributed by atoms with Crippen LogP contribution < -0.4 is 5.32 Å². The molecular formula is C39H33N5O4. The molecule has 0 saturated heterocycles. The smallest absolute Gasteiger partial charge is 0.337 e. The van der Waals surface area contributed by atoms with Crippen molar-refractivity contribution in [1.82, 2.24) is 24.8 Å². The van der Waals surface area contributed by atoms with Gasteiger partial charge in [0.05, 0.1) is 35.2 Å². The Labute approximate surface area is 278 Å². The van der Waals surface area contributed by atoms with Crippen LogP contribution in [0.3, 0.4) is 0 Å². The molecule has 1 aliphatic heterocycles. The quantitative estimate of drug-likeness (QED) is 0.159. The summed E-state index contributed by atoms with van der Waals surface area (Å²) in [6.07, 6.45) is 10.5. The van der Waals surface area contributed by atoms with Crippen molar-refractivity contribution in [2.45, 2.75) is 20.8 Å². The van der Waals surface area contributed by atoms with Crippen LogP contribution in [0.25, 0.3) is 28.5 Å². The van der Waals surface area contributed by atoms with Crippen LogP contribution in [0.4, 0.5) is 0 Å². The van der Waals surface area contributed by atoms with E-state index >= 15 is 0 Å². The first-order valence-electron chi connectivity index (χ1n) is 15.5. The van der Waals surface area contributed by atoms with Crippen molar-refractivity contribution in [1.29, 1.82) is 0 Å². The van der Waals surface area contributed by atoms with Crippen LogP contribution in [0.15, 0.2) is 121 Å². The predicted molar refractivity (Wildman–Crippen MR) is 184 cm³/mol. The molecule has 1 aliphatic rings. The maximum atomic E-state index is 13.8. The molecular weight excluding hydrogens is 602 g/mol. The van der Waals surface area contributed by atoms with Gasteiger partial charge in [0, 0.05) is 41.5 Å². The summed E-state index contributed by atoms with van der Waals surface area (Å²) in [5.74, 6) is 4.75. The van der Waals surface area contributed by atoms with Crippen LogP contribution in [0.2, 0.25) is 0 Å². The topological polar surface area (TPSA) is 108 Å². The number of carbonyl (C=O) groups excluding carboxylic acids is 2. The van der Waals surface area contributed by atoms with Crippen molar-refractivity contribution in [3.05, 3.63) is 143 Å². The van der Waals surface area contributed by atoms with Crippen molar-refractivity contribution in [2.24, 2.45) is 5.92 Å². The second-order valence-corrected chi connectivity index (χ2v) is 10.9. The van der Waals surface area contributed by atoms with Crippen molar-refractivity contribution >= 4 is 34.7 Å². The van der Waals surface area contributed by atoms with E-state index in [1.165, 1.54) is 0 Å². The van der Waals surface area contributed by atoms with Crippen LogP contribution in [0.5, 0.6) is 0 Å². The van der Waals surface area contributed by atoms with Gasteiger partial charge in [0.15, 0.2) is 6.61 Å². The van der Waals surface area contributed by atoms with Crippen molar-refractivity contribution in [3.63, 3.8) is 0 Å². The van der Waals surface area contributed by atoms with E-state index < -0.39 is 17.9 Å². The second-order valence-electron chi connectivity index (χ2n) is 10.9. The normalized spacial score (nSPS) is 14.4. The lowest BCUT2D eigenvalue weighted by Crippen LogP contribution is -2.33. The highest BCUT2D eigenvalue weighted by Crippen LogP contribution is 2.37. The third-order valence-electron chi connectivity index (χ3n) is 7.81. The first-order chi connectivity index (χ1) is 23.4. The molecule has 0 bridgehead atoms. The largest absolute Gasteiger partial charge is 0.463 e. The number of carbonyl (C=O) groups is 2. The fourth-order valence-electron chi connectivity index (χ4n) is 5.67. The van der Waals surface area contributed by atoms with Gasteiger partial charge in [-0.3, -0.25) is 14.5 Å². The molecule has 3 aromatic heterocycles. The maximum absolute atomic E-state index is 13.8. The molecule has 0 spiro atoms. The number of aromatic nitrogens is 4. The van der Waals surface area contributed by atoms with Gasteiger partial charge in [-0.05, 0) is 62.2 Å². The molecule has 238 valence electrons. The summed E-state index contributed by atoms with van der Waals surface area (Å²) < 4.78 is 13.3. The van der Waals surface area contributed by atoms with Crippen LogP contribution >= 0.6 is 0 Å². The molecule has 1 atom stereocenters. The van der Waals surface area contributed by atoms with Gasteiger partial charge in [-0.2, -0.15) is 0 Å². The number of nitrogens with one attached hydrogen (secondary N) is 1. The number of fused-ring (bicyclic) bond motifs is 1. The summed E-state index contributed by atoms with van der Waals surface area (Å²) in [5.41, 5.74) is 6.71. The van der Waals surface area contributed by atoms with E-state index in [1.807, 2.05) is 85.8 Å². The third-order valence-corrected chi connectivity index (χ3v) is 7.81. The SMILES string of the molecule is CCOC(=O)C1=C(c2ccc(-n3c(C)nc4cnccc43)cc2)NC(C)=C(C(=O)OCC#Cc2cccnc2)C1/C=C/c1ccccc1. The minimum Gasteiger partial charge on any atom is -0.463 e. The van der Waals surface area contributed by atoms with E-state index in [0.717, 1.165) is 33.7 Å².